The zero-order valence-corrected chi connectivity index (χ0v) is 13.2. The van der Waals surface area contributed by atoms with Gasteiger partial charge >= 0.3 is 0 Å². The highest BCUT2D eigenvalue weighted by Crippen LogP contribution is 2.34. The highest BCUT2D eigenvalue weighted by molar-refractivity contribution is 4.88. The summed E-state index contributed by atoms with van der Waals surface area (Å²) in [7, 11) is 4.40. The van der Waals surface area contributed by atoms with Crippen LogP contribution in [0.25, 0.3) is 0 Å². The van der Waals surface area contributed by atoms with Crippen LogP contribution in [0.5, 0.6) is 0 Å². The van der Waals surface area contributed by atoms with E-state index in [9.17, 15) is 0 Å². The smallest absolute Gasteiger partial charge is 0.00388 e. The second-order valence-corrected chi connectivity index (χ2v) is 7.09. The van der Waals surface area contributed by atoms with Gasteiger partial charge in [-0.3, -0.25) is 0 Å². The molecule has 0 bridgehead atoms. The molecule has 0 aliphatic carbocycles. The monoisotopic (exact) mass is 267 g/mol. The number of hydrogen-bond acceptors (Lipinski definition) is 3. The van der Waals surface area contributed by atoms with Gasteiger partial charge in [0, 0.05) is 13.1 Å². The first-order valence-corrected chi connectivity index (χ1v) is 8.21. The minimum Gasteiger partial charge on any atom is -0.317 e. The SMILES string of the molecule is CCC1(CN2CCC(CN(C)C)CC2)CCNCC1. The molecule has 1 N–H and O–H groups in total. The van der Waals surface area contributed by atoms with E-state index in [1.807, 2.05) is 0 Å². The molecule has 112 valence electrons. The molecule has 2 rings (SSSR count). The Bertz CT molecular complexity index is 251. The first-order valence-electron chi connectivity index (χ1n) is 8.21. The normalized spacial score (nSPS) is 25.9. The molecule has 0 spiro atoms. The van der Waals surface area contributed by atoms with Gasteiger partial charge in [0.25, 0.3) is 0 Å². The van der Waals surface area contributed by atoms with E-state index in [-0.39, 0.29) is 0 Å². The molecule has 0 aromatic carbocycles. The summed E-state index contributed by atoms with van der Waals surface area (Å²) in [5, 5.41) is 3.52. The fraction of sp³-hybridized carbons (Fsp3) is 1.00. The summed E-state index contributed by atoms with van der Waals surface area (Å²) in [4.78, 5) is 5.10. The standard InChI is InChI=1S/C16H33N3/c1-4-16(7-9-17-10-8-16)14-19-11-5-15(6-12-19)13-18(2)3/h15,17H,4-14H2,1-3H3. The molecule has 0 unspecified atom stereocenters. The van der Waals surface area contributed by atoms with Crippen LogP contribution in [0.4, 0.5) is 0 Å². The van der Waals surface area contributed by atoms with E-state index in [1.165, 1.54) is 71.4 Å². The number of piperidine rings is 2. The van der Waals surface area contributed by atoms with Crippen LogP contribution in [0.3, 0.4) is 0 Å². The third-order valence-corrected chi connectivity index (χ3v) is 5.30. The van der Waals surface area contributed by atoms with Crippen molar-refractivity contribution in [1.82, 2.24) is 15.1 Å². The van der Waals surface area contributed by atoms with E-state index in [0.717, 1.165) is 5.92 Å². The van der Waals surface area contributed by atoms with E-state index in [4.69, 9.17) is 0 Å². The molecule has 3 nitrogen and oxygen atoms in total. The van der Waals surface area contributed by atoms with Gasteiger partial charge in [-0.1, -0.05) is 6.92 Å². The second kappa shape index (κ2) is 7.05. The van der Waals surface area contributed by atoms with Gasteiger partial charge < -0.3 is 15.1 Å². The summed E-state index contributed by atoms with van der Waals surface area (Å²) in [5.41, 5.74) is 0.611. The number of rotatable bonds is 5. The lowest BCUT2D eigenvalue weighted by molar-refractivity contribution is 0.0760. The van der Waals surface area contributed by atoms with E-state index < -0.39 is 0 Å². The lowest BCUT2D eigenvalue weighted by atomic mass is 9.76. The Kier molecular flexibility index (Phi) is 5.67. The van der Waals surface area contributed by atoms with Crippen molar-refractivity contribution < 1.29 is 0 Å². The van der Waals surface area contributed by atoms with Crippen molar-refractivity contribution in [3.63, 3.8) is 0 Å². The molecule has 0 atom stereocenters. The molecule has 2 aliphatic rings. The fourth-order valence-corrected chi connectivity index (χ4v) is 3.90. The number of likely N-dealkylation sites (tertiary alicyclic amines) is 1. The number of hydrogen-bond donors (Lipinski definition) is 1. The average Bonchev–Trinajstić information content (AvgIpc) is 2.41. The molecule has 3 heteroatoms. The van der Waals surface area contributed by atoms with Crippen molar-refractivity contribution in [2.75, 3.05) is 53.4 Å². The summed E-state index contributed by atoms with van der Waals surface area (Å²) in [6.45, 7) is 10.1. The highest BCUT2D eigenvalue weighted by atomic mass is 15.1. The molecule has 2 fully saturated rings. The fourth-order valence-electron chi connectivity index (χ4n) is 3.90. The van der Waals surface area contributed by atoms with Crippen LogP contribution < -0.4 is 5.32 Å². The van der Waals surface area contributed by atoms with Crippen LogP contribution in [0.1, 0.15) is 39.0 Å². The van der Waals surface area contributed by atoms with Gasteiger partial charge in [0.15, 0.2) is 0 Å². The largest absolute Gasteiger partial charge is 0.317 e. The summed E-state index contributed by atoms with van der Waals surface area (Å²) >= 11 is 0. The summed E-state index contributed by atoms with van der Waals surface area (Å²) in [6, 6.07) is 0. The third kappa shape index (κ3) is 4.44. The van der Waals surface area contributed by atoms with Gasteiger partial charge in [-0.15, -0.1) is 0 Å². The summed E-state index contributed by atoms with van der Waals surface area (Å²) < 4.78 is 0. The predicted molar refractivity (Wildman–Crippen MR) is 82.5 cm³/mol. The molecular formula is C16H33N3. The van der Waals surface area contributed by atoms with Crippen molar-refractivity contribution in [2.45, 2.75) is 39.0 Å². The quantitative estimate of drug-likeness (QED) is 0.822. The van der Waals surface area contributed by atoms with Crippen molar-refractivity contribution in [3.05, 3.63) is 0 Å². The zero-order valence-electron chi connectivity index (χ0n) is 13.2. The van der Waals surface area contributed by atoms with Crippen LogP contribution in [-0.2, 0) is 0 Å². The topological polar surface area (TPSA) is 18.5 Å². The van der Waals surface area contributed by atoms with Gasteiger partial charge in [-0.2, -0.15) is 0 Å². The van der Waals surface area contributed by atoms with Crippen LogP contribution in [0, 0.1) is 11.3 Å². The van der Waals surface area contributed by atoms with Gasteiger partial charge in [0.05, 0.1) is 0 Å². The molecule has 19 heavy (non-hydrogen) atoms. The Hall–Kier alpha value is -0.120. The molecule has 2 aliphatic heterocycles. The Morgan fingerprint density at radius 3 is 2.32 bits per heavy atom. The summed E-state index contributed by atoms with van der Waals surface area (Å²) in [6.07, 6.45) is 6.90. The molecular weight excluding hydrogens is 234 g/mol. The van der Waals surface area contributed by atoms with Crippen LogP contribution in [0.15, 0.2) is 0 Å². The van der Waals surface area contributed by atoms with E-state index >= 15 is 0 Å². The van der Waals surface area contributed by atoms with Crippen molar-refractivity contribution in [2.24, 2.45) is 11.3 Å². The molecule has 2 saturated heterocycles. The van der Waals surface area contributed by atoms with Crippen LogP contribution in [0.2, 0.25) is 0 Å². The van der Waals surface area contributed by atoms with E-state index in [2.05, 4.69) is 36.1 Å². The van der Waals surface area contributed by atoms with Gasteiger partial charge in [0.2, 0.25) is 0 Å². The molecule has 0 radical (unpaired) electrons. The Morgan fingerprint density at radius 2 is 1.79 bits per heavy atom. The Morgan fingerprint density at radius 1 is 1.16 bits per heavy atom. The molecule has 0 aromatic heterocycles. The molecule has 0 amide bonds. The molecule has 2 heterocycles. The lowest BCUT2D eigenvalue weighted by Crippen LogP contribution is -2.47. The van der Waals surface area contributed by atoms with E-state index in [0.29, 0.717) is 5.41 Å². The Labute approximate surface area is 119 Å². The van der Waals surface area contributed by atoms with Crippen molar-refractivity contribution in [3.8, 4) is 0 Å². The minimum atomic E-state index is 0.611. The molecule has 0 saturated carbocycles. The minimum absolute atomic E-state index is 0.611. The number of nitrogens with zero attached hydrogens (tertiary/aromatic N) is 2. The second-order valence-electron chi connectivity index (χ2n) is 7.09. The average molecular weight is 267 g/mol. The van der Waals surface area contributed by atoms with Gasteiger partial charge in [-0.05, 0) is 83.7 Å². The van der Waals surface area contributed by atoms with Crippen molar-refractivity contribution in [1.29, 1.82) is 0 Å². The maximum absolute atomic E-state index is 3.52. The van der Waals surface area contributed by atoms with Gasteiger partial charge in [-0.25, -0.2) is 0 Å². The highest BCUT2D eigenvalue weighted by Gasteiger charge is 2.33. The number of nitrogens with one attached hydrogen (secondary N) is 1. The zero-order chi connectivity index (χ0) is 13.7. The van der Waals surface area contributed by atoms with Crippen LogP contribution >= 0.6 is 0 Å². The van der Waals surface area contributed by atoms with Crippen LogP contribution in [-0.4, -0.2) is 63.2 Å². The maximum atomic E-state index is 3.52. The van der Waals surface area contributed by atoms with Crippen molar-refractivity contribution >= 4 is 0 Å². The lowest BCUT2D eigenvalue weighted by Gasteiger charge is -2.43. The maximum Gasteiger partial charge on any atom is 0.00388 e. The summed E-state index contributed by atoms with van der Waals surface area (Å²) in [5.74, 6) is 0.928. The molecule has 0 aromatic rings. The first-order chi connectivity index (χ1) is 9.13. The predicted octanol–water partition coefficient (Wildman–Crippen LogP) is 2.04. The Balaban J connectivity index is 1.77. The third-order valence-electron chi connectivity index (χ3n) is 5.30. The van der Waals surface area contributed by atoms with Gasteiger partial charge in [0.1, 0.15) is 0 Å². The van der Waals surface area contributed by atoms with E-state index in [1.54, 1.807) is 0 Å². The first kappa shape index (κ1) is 15.3.